The van der Waals surface area contributed by atoms with Crippen molar-refractivity contribution < 1.29 is 14.6 Å². The number of thiazole rings is 1. The van der Waals surface area contributed by atoms with Gasteiger partial charge in [-0.05, 0) is 20.3 Å². The molecule has 0 aromatic carbocycles. The number of aromatic nitrogens is 1. The largest absolute Gasteiger partial charge is 0.477 e. The van der Waals surface area contributed by atoms with Gasteiger partial charge >= 0.3 is 5.97 Å². The maximum absolute atomic E-state index is 10.7. The van der Waals surface area contributed by atoms with Crippen molar-refractivity contribution in [2.45, 2.75) is 32.8 Å². The Hall–Kier alpha value is -0.940. The van der Waals surface area contributed by atoms with Crippen LogP contribution in [-0.2, 0) is 10.3 Å². The lowest BCUT2D eigenvalue weighted by molar-refractivity contribution is -0.0324. The van der Waals surface area contributed by atoms with Gasteiger partial charge in [0.2, 0.25) is 0 Å². The van der Waals surface area contributed by atoms with Gasteiger partial charge in [-0.15, -0.1) is 11.3 Å². The van der Waals surface area contributed by atoms with Crippen molar-refractivity contribution in [1.82, 2.24) is 4.98 Å². The first kappa shape index (κ1) is 12.1. The number of nitrogens with zero attached hydrogens (tertiary/aromatic N) is 1. The fraction of sp³-hybridized carbons (Fsp3) is 0.600. The molecule has 0 radical (unpaired) electrons. The summed E-state index contributed by atoms with van der Waals surface area (Å²) in [5.74, 6) is -0.936. The fourth-order valence-electron chi connectivity index (χ4n) is 1.25. The van der Waals surface area contributed by atoms with Crippen molar-refractivity contribution in [3.05, 3.63) is 16.1 Å². The number of aromatic carboxylic acids is 1. The van der Waals surface area contributed by atoms with Crippen molar-refractivity contribution in [2.75, 3.05) is 6.61 Å². The van der Waals surface area contributed by atoms with E-state index in [1.165, 1.54) is 17.5 Å². The van der Waals surface area contributed by atoms with Crippen LogP contribution in [0.2, 0.25) is 0 Å². The zero-order valence-electron chi connectivity index (χ0n) is 9.11. The van der Waals surface area contributed by atoms with E-state index in [1.54, 1.807) is 0 Å². The van der Waals surface area contributed by atoms with E-state index in [0.29, 0.717) is 6.61 Å². The third-order valence-corrected chi connectivity index (χ3v) is 3.54. The summed E-state index contributed by atoms with van der Waals surface area (Å²) >= 11 is 1.18. The number of hydrogen-bond donors (Lipinski definition) is 1. The summed E-state index contributed by atoms with van der Waals surface area (Å²) in [6, 6.07) is 0. The van der Waals surface area contributed by atoms with Crippen LogP contribution in [0.4, 0.5) is 0 Å². The monoisotopic (exact) mass is 229 g/mol. The van der Waals surface area contributed by atoms with Crippen molar-refractivity contribution in [2.24, 2.45) is 0 Å². The average molecular weight is 229 g/mol. The van der Waals surface area contributed by atoms with Gasteiger partial charge in [0.25, 0.3) is 0 Å². The molecule has 1 aromatic heterocycles. The summed E-state index contributed by atoms with van der Waals surface area (Å²) in [5.41, 5.74) is -0.465. The van der Waals surface area contributed by atoms with Gasteiger partial charge in [0.15, 0.2) is 0 Å². The second kappa shape index (κ2) is 4.72. The quantitative estimate of drug-likeness (QED) is 0.842. The highest BCUT2D eigenvalue weighted by Crippen LogP contribution is 2.32. The van der Waals surface area contributed by atoms with Crippen LogP contribution in [0.5, 0.6) is 0 Å². The minimum absolute atomic E-state index is 0.254. The van der Waals surface area contributed by atoms with Crippen LogP contribution >= 0.6 is 11.3 Å². The summed E-state index contributed by atoms with van der Waals surface area (Å²) in [7, 11) is 0. The van der Waals surface area contributed by atoms with Gasteiger partial charge in [-0.3, -0.25) is 0 Å². The van der Waals surface area contributed by atoms with Crippen LogP contribution in [0, 0.1) is 0 Å². The van der Waals surface area contributed by atoms with E-state index in [4.69, 9.17) is 9.84 Å². The molecule has 0 saturated heterocycles. The van der Waals surface area contributed by atoms with E-state index in [1.807, 2.05) is 20.8 Å². The maximum atomic E-state index is 10.7. The minimum Gasteiger partial charge on any atom is -0.477 e. The molecule has 0 aliphatic rings. The van der Waals surface area contributed by atoms with Gasteiger partial charge < -0.3 is 9.84 Å². The molecule has 1 rings (SSSR count). The Morgan fingerprint density at radius 2 is 2.33 bits per heavy atom. The molecule has 0 spiro atoms. The first-order valence-corrected chi connectivity index (χ1v) is 5.68. The van der Waals surface area contributed by atoms with Crippen molar-refractivity contribution in [3.8, 4) is 0 Å². The van der Waals surface area contributed by atoms with E-state index in [9.17, 15) is 4.79 Å². The second-order valence-electron chi connectivity index (χ2n) is 3.35. The Morgan fingerprint density at radius 1 is 1.67 bits per heavy atom. The summed E-state index contributed by atoms with van der Waals surface area (Å²) < 4.78 is 5.61. The van der Waals surface area contributed by atoms with Gasteiger partial charge in [-0.1, -0.05) is 6.92 Å². The molecule has 15 heavy (non-hydrogen) atoms. The summed E-state index contributed by atoms with van der Waals surface area (Å²) in [6.45, 7) is 6.43. The SMILES string of the molecule is CCOC(C)(CC)c1ncc(C(=O)O)s1. The second-order valence-corrected chi connectivity index (χ2v) is 4.38. The molecule has 4 nitrogen and oxygen atoms in total. The highest BCUT2D eigenvalue weighted by Gasteiger charge is 2.29. The number of hydrogen-bond acceptors (Lipinski definition) is 4. The Morgan fingerprint density at radius 3 is 2.73 bits per heavy atom. The van der Waals surface area contributed by atoms with Gasteiger partial charge in [0.05, 0.1) is 6.20 Å². The topological polar surface area (TPSA) is 59.4 Å². The lowest BCUT2D eigenvalue weighted by Crippen LogP contribution is -2.24. The van der Waals surface area contributed by atoms with Crippen LogP contribution in [0.3, 0.4) is 0 Å². The Kier molecular flexibility index (Phi) is 3.82. The van der Waals surface area contributed by atoms with Crippen molar-refractivity contribution in [3.63, 3.8) is 0 Å². The molecule has 1 heterocycles. The number of rotatable bonds is 5. The molecule has 0 fully saturated rings. The molecule has 1 atom stereocenters. The van der Waals surface area contributed by atoms with Crippen molar-refractivity contribution in [1.29, 1.82) is 0 Å². The van der Waals surface area contributed by atoms with E-state index in [2.05, 4.69) is 4.98 Å². The van der Waals surface area contributed by atoms with E-state index in [-0.39, 0.29) is 4.88 Å². The van der Waals surface area contributed by atoms with Crippen LogP contribution in [0.15, 0.2) is 6.20 Å². The molecule has 0 amide bonds. The fourth-order valence-corrected chi connectivity index (χ4v) is 2.18. The Labute approximate surface area is 92.9 Å². The average Bonchev–Trinajstić information content (AvgIpc) is 2.67. The van der Waals surface area contributed by atoms with E-state index < -0.39 is 11.6 Å². The summed E-state index contributed by atoms with van der Waals surface area (Å²) in [5, 5.41) is 9.52. The van der Waals surface area contributed by atoms with E-state index in [0.717, 1.165) is 11.4 Å². The predicted molar refractivity (Wildman–Crippen MR) is 58.3 cm³/mol. The normalized spacial score (nSPS) is 14.9. The number of carboxylic acid groups (broad SMARTS) is 1. The minimum atomic E-state index is -0.936. The van der Waals surface area contributed by atoms with Gasteiger partial charge in [0.1, 0.15) is 15.5 Å². The number of ether oxygens (including phenoxy) is 1. The molecule has 5 heteroatoms. The zero-order chi connectivity index (χ0) is 11.5. The molecule has 0 aliphatic heterocycles. The highest BCUT2D eigenvalue weighted by atomic mass is 32.1. The van der Waals surface area contributed by atoms with Crippen LogP contribution in [0.25, 0.3) is 0 Å². The summed E-state index contributed by atoms with van der Waals surface area (Å²) in [4.78, 5) is 15.1. The molecule has 0 saturated carbocycles. The van der Waals surface area contributed by atoms with Gasteiger partial charge in [-0.2, -0.15) is 0 Å². The molecule has 1 aromatic rings. The molecule has 1 unspecified atom stereocenters. The van der Waals surface area contributed by atoms with Gasteiger partial charge in [-0.25, -0.2) is 9.78 Å². The molecule has 1 N–H and O–H groups in total. The zero-order valence-corrected chi connectivity index (χ0v) is 9.93. The highest BCUT2D eigenvalue weighted by molar-refractivity contribution is 7.13. The van der Waals surface area contributed by atoms with E-state index >= 15 is 0 Å². The van der Waals surface area contributed by atoms with Crippen LogP contribution < -0.4 is 0 Å². The molecule has 84 valence electrons. The van der Waals surface area contributed by atoms with Crippen molar-refractivity contribution >= 4 is 17.3 Å². The predicted octanol–water partition coefficient (Wildman–Crippen LogP) is 2.50. The number of carboxylic acids is 1. The van der Waals surface area contributed by atoms with Crippen LogP contribution in [0.1, 0.15) is 41.9 Å². The lowest BCUT2D eigenvalue weighted by atomic mass is 10.1. The Balaban J connectivity index is 2.97. The lowest BCUT2D eigenvalue weighted by Gasteiger charge is -2.25. The van der Waals surface area contributed by atoms with Crippen LogP contribution in [-0.4, -0.2) is 22.7 Å². The molecular weight excluding hydrogens is 214 g/mol. The standard InChI is InChI=1S/C10H15NO3S/c1-4-10(3,14-5-2)9-11-6-7(15-9)8(12)13/h6H,4-5H2,1-3H3,(H,12,13). The third kappa shape index (κ3) is 2.54. The maximum Gasteiger partial charge on any atom is 0.347 e. The first-order valence-electron chi connectivity index (χ1n) is 4.87. The smallest absolute Gasteiger partial charge is 0.347 e. The molecule has 0 bridgehead atoms. The van der Waals surface area contributed by atoms with Gasteiger partial charge in [0, 0.05) is 6.61 Å². The summed E-state index contributed by atoms with van der Waals surface area (Å²) in [6.07, 6.45) is 2.16. The third-order valence-electron chi connectivity index (χ3n) is 2.31. The number of carbonyl (C=O) groups is 1. The molecule has 0 aliphatic carbocycles. The molecular formula is C10H15NO3S. The first-order chi connectivity index (χ1) is 7.03. The Bertz CT molecular complexity index is 350.